The molecular weight excluding hydrogens is 424 g/mol. The van der Waals surface area contributed by atoms with Gasteiger partial charge in [-0.2, -0.15) is 0 Å². The molecule has 5 aliphatic rings. The van der Waals surface area contributed by atoms with E-state index in [1.165, 1.54) is 31.0 Å². The van der Waals surface area contributed by atoms with Crippen molar-refractivity contribution in [3.05, 3.63) is 23.9 Å². The van der Waals surface area contributed by atoms with Crippen molar-refractivity contribution < 1.29 is 14.4 Å². The number of likely N-dealkylation sites (tertiary alicyclic amines) is 1. The number of aromatic nitrogens is 1. The predicted molar refractivity (Wildman–Crippen MR) is 122 cm³/mol. The van der Waals surface area contributed by atoms with Crippen LogP contribution in [-0.4, -0.2) is 51.6 Å². The third kappa shape index (κ3) is 4.51. The van der Waals surface area contributed by atoms with E-state index in [4.69, 9.17) is 0 Å². The topological polar surface area (TPSA) is 91.4 Å². The number of imide groups is 1. The molecule has 2 heterocycles. The maximum absolute atomic E-state index is 12.6. The lowest BCUT2D eigenvalue weighted by molar-refractivity contribution is -0.119. The minimum atomic E-state index is -0.468. The predicted octanol–water partition coefficient (Wildman–Crippen LogP) is 3.59. The van der Waals surface area contributed by atoms with Crippen LogP contribution < -0.4 is 10.6 Å². The molecule has 4 amide bonds. The van der Waals surface area contributed by atoms with E-state index in [0.29, 0.717) is 10.6 Å². The number of hydrogen-bond donors (Lipinski definition) is 2. The molecule has 4 bridgehead atoms. The van der Waals surface area contributed by atoms with Crippen LogP contribution in [0.1, 0.15) is 68.6 Å². The highest BCUT2D eigenvalue weighted by atomic mass is 32.2. The molecule has 0 spiro atoms. The fourth-order valence-corrected chi connectivity index (χ4v) is 7.45. The summed E-state index contributed by atoms with van der Waals surface area (Å²) in [6, 6.07) is 3.16. The van der Waals surface area contributed by atoms with Gasteiger partial charge in [0.1, 0.15) is 0 Å². The van der Waals surface area contributed by atoms with Gasteiger partial charge in [-0.15, -0.1) is 0 Å². The van der Waals surface area contributed by atoms with E-state index >= 15 is 0 Å². The summed E-state index contributed by atoms with van der Waals surface area (Å²) in [6.45, 7) is 3.37. The maximum atomic E-state index is 12.6. The second-order valence-electron chi connectivity index (χ2n) is 10.3. The average Bonchev–Trinajstić information content (AvgIpc) is 3.27. The fourth-order valence-electron chi connectivity index (χ4n) is 6.66. The Hall–Kier alpha value is -2.09. The monoisotopic (exact) mass is 456 g/mol. The van der Waals surface area contributed by atoms with Crippen molar-refractivity contribution in [3.63, 3.8) is 0 Å². The number of thioether (sulfide) groups is 1. The van der Waals surface area contributed by atoms with Crippen LogP contribution in [0.4, 0.5) is 4.79 Å². The molecule has 7 nitrogen and oxygen atoms in total. The molecule has 172 valence electrons. The highest BCUT2D eigenvalue weighted by molar-refractivity contribution is 8.00. The van der Waals surface area contributed by atoms with E-state index in [0.717, 1.165) is 62.9 Å². The zero-order valence-electron chi connectivity index (χ0n) is 18.6. The van der Waals surface area contributed by atoms with Gasteiger partial charge in [-0.25, -0.2) is 9.78 Å². The van der Waals surface area contributed by atoms with Gasteiger partial charge in [0.2, 0.25) is 5.91 Å². The van der Waals surface area contributed by atoms with Crippen LogP contribution in [0.5, 0.6) is 0 Å². The van der Waals surface area contributed by atoms with E-state index in [-0.39, 0.29) is 23.4 Å². The van der Waals surface area contributed by atoms with Gasteiger partial charge >= 0.3 is 6.03 Å². The van der Waals surface area contributed by atoms with Crippen LogP contribution in [0.25, 0.3) is 0 Å². The van der Waals surface area contributed by atoms with Crippen LogP contribution in [0.3, 0.4) is 0 Å². The molecule has 1 aliphatic heterocycles. The second-order valence-corrected chi connectivity index (χ2v) is 11.6. The normalized spacial score (nSPS) is 31.4. The Morgan fingerprint density at radius 1 is 1.06 bits per heavy atom. The lowest BCUT2D eigenvalue weighted by Crippen LogP contribution is -2.62. The summed E-state index contributed by atoms with van der Waals surface area (Å²) in [5, 5.41) is 5.92. The first-order valence-corrected chi connectivity index (χ1v) is 12.8. The largest absolute Gasteiger partial charge is 0.339 e. The van der Waals surface area contributed by atoms with Crippen molar-refractivity contribution in [1.29, 1.82) is 0 Å². The third-order valence-electron chi connectivity index (χ3n) is 7.70. The van der Waals surface area contributed by atoms with E-state index in [9.17, 15) is 14.4 Å². The van der Waals surface area contributed by atoms with Crippen LogP contribution in [0.2, 0.25) is 0 Å². The Labute approximate surface area is 193 Å². The first-order chi connectivity index (χ1) is 15.4. The van der Waals surface area contributed by atoms with Crippen molar-refractivity contribution in [2.75, 3.05) is 13.1 Å². The van der Waals surface area contributed by atoms with Gasteiger partial charge in [-0.05, 0) is 88.2 Å². The summed E-state index contributed by atoms with van der Waals surface area (Å²) < 4.78 is 0. The van der Waals surface area contributed by atoms with E-state index in [1.807, 2.05) is 4.90 Å². The number of nitrogens with one attached hydrogen (secondary N) is 2. The third-order valence-corrected chi connectivity index (χ3v) is 8.75. The molecule has 1 saturated heterocycles. The molecule has 1 atom stereocenters. The van der Waals surface area contributed by atoms with Gasteiger partial charge in [0, 0.05) is 24.8 Å². The van der Waals surface area contributed by atoms with Crippen molar-refractivity contribution in [2.24, 2.45) is 17.8 Å². The molecule has 5 fully saturated rings. The summed E-state index contributed by atoms with van der Waals surface area (Å²) in [7, 11) is 0. The smallest absolute Gasteiger partial charge is 0.321 e. The quantitative estimate of drug-likeness (QED) is 0.661. The van der Waals surface area contributed by atoms with Gasteiger partial charge in [-0.1, -0.05) is 11.8 Å². The van der Waals surface area contributed by atoms with Crippen LogP contribution in [0, 0.1) is 17.8 Å². The molecule has 1 aromatic heterocycles. The van der Waals surface area contributed by atoms with Crippen LogP contribution >= 0.6 is 11.8 Å². The van der Waals surface area contributed by atoms with Crippen molar-refractivity contribution in [2.45, 2.75) is 74.1 Å². The summed E-state index contributed by atoms with van der Waals surface area (Å²) in [5.41, 5.74) is 0.456. The molecule has 2 N–H and O–H groups in total. The highest BCUT2D eigenvalue weighted by Gasteiger charge is 2.51. The fraction of sp³-hybridized carbons (Fsp3) is 0.667. The Bertz CT molecular complexity index is 862. The number of carbonyl (C=O) groups excluding carboxylic acids is 3. The summed E-state index contributed by atoms with van der Waals surface area (Å²) in [6.07, 6.45) is 10.8. The van der Waals surface area contributed by atoms with Crippen molar-refractivity contribution in [3.8, 4) is 0 Å². The molecule has 8 heteroatoms. The summed E-state index contributed by atoms with van der Waals surface area (Å²) in [4.78, 5) is 43.9. The Morgan fingerprint density at radius 3 is 2.25 bits per heavy atom. The number of nitrogens with zero attached hydrogens (tertiary/aromatic N) is 2. The van der Waals surface area contributed by atoms with Gasteiger partial charge in [-0.3, -0.25) is 14.9 Å². The lowest BCUT2D eigenvalue weighted by Gasteiger charge is -2.56. The first-order valence-electron chi connectivity index (χ1n) is 11.9. The molecule has 1 aromatic rings. The SMILES string of the molecule is CC(Sc1ccc(C(=O)N2CCCC2)cn1)C(=O)NC(=O)NC12CC3CC(CC(C3)C1)C2. The number of amides is 4. The van der Waals surface area contributed by atoms with Crippen LogP contribution in [-0.2, 0) is 4.79 Å². The average molecular weight is 457 g/mol. The van der Waals surface area contributed by atoms with Crippen LogP contribution in [0.15, 0.2) is 23.4 Å². The van der Waals surface area contributed by atoms with Gasteiger partial charge in [0.25, 0.3) is 5.91 Å². The van der Waals surface area contributed by atoms with E-state index in [1.54, 1.807) is 25.3 Å². The summed E-state index contributed by atoms with van der Waals surface area (Å²) >= 11 is 1.29. The zero-order chi connectivity index (χ0) is 22.3. The Balaban J connectivity index is 1.12. The Morgan fingerprint density at radius 2 is 1.69 bits per heavy atom. The molecule has 1 unspecified atom stereocenters. The number of rotatable bonds is 5. The minimum absolute atomic E-state index is 0.0127. The Kier molecular flexibility index (Phi) is 5.90. The van der Waals surface area contributed by atoms with E-state index < -0.39 is 5.25 Å². The molecule has 0 radical (unpaired) electrons. The molecule has 4 saturated carbocycles. The van der Waals surface area contributed by atoms with Crippen molar-refractivity contribution >= 4 is 29.6 Å². The minimum Gasteiger partial charge on any atom is -0.339 e. The van der Waals surface area contributed by atoms with Crippen molar-refractivity contribution in [1.82, 2.24) is 20.5 Å². The maximum Gasteiger partial charge on any atom is 0.321 e. The molecule has 6 rings (SSSR count). The zero-order valence-corrected chi connectivity index (χ0v) is 19.5. The molecular formula is C24H32N4O3S. The molecule has 0 aromatic carbocycles. The second kappa shape index (κ2) is 8.69. The number of pyridine rings is 1. The first kappa shape index (κ1) is 21.7. The molecule has 32 heavy (non-hydrogen) atoms. The van der Waals surface area contributed by atoms with Gasteiger partial charge < -0.3 is 10.2 Å². The highest BCUT2D eigenvalue weighted by Crippen LogP contribution is 2.55. The molecule has 4 aliphatic carbocycles. The van der Waals surface area contributed by atoms with E-state index in [2.05, 4.69) is 15.6 Å². The van der Waals surface area contributed by atoms with Gasteiger partial charge in [0.15, 0.2) is 0 Å². The number of urea groups is 1. The standard InChI is InChI=1S/C24H32N4O3S/c1-15(32-20-5-4-19(14-25-20)22(30)28-6-2-3-7-28)21(29)26-23(31)27-24-11-16-8-17(12-24)10-18(9-16)13-24/h4-5,14-18H,2-3,6-13H2,1H3,(H2,26,27,29,31). The van der Waals surface area contributed by atoms with Gasteiger partial charge in [0.05, 0.1) is 15.8 Å². The lowest BCUT2D eigenvalue weighted by atomic mass is 9.53. The number of carbonyl (C=O) groups is 3. The number of hydrogen-bond acceptors (Lipinski definition) is 5. The summed E-state index contributed by atoms with van der Waals surface area (Å²) in [5.74, 6) is 1.89.